The normalized spacial score (nSPS) is 14.7. The van der Waals surface area contributed by atoms with Gasteiger partial charge >= 0.3 is 11.9 Å². The summed E-state index contributed by atoms with van der Waals surface area (Å²) in [5, 5.41) is 27.9. The Bertz CT molecular complexity index is 958. The van der Waals surface area contributed by atoms with Gasteiger partial charge in [0.05, 0.1) is 12.5 Å². The van der Waals surface area contributed by atoms with Gasteiger partial charge in [-0.15, -0.1) is 0 Å². The standard InChI is InChI=1S/C26H47N7O9/c1-13(2)11-15(28)22(37)33-21(14(3)4)25(40)31-16(7-5-6-10-27)23(38)30-17(8-9-19(29)34)24(39)32-18(26(41)42)12-20(35)36/h13-18,21H,5-12,27-28H2,1-4H3,(H2,29,34)(H,30,38)(H,31,40)(H,32,39)(H,33,37)(H,35,36)(H,41,42)/t15-,16-,17-,18-,21-/m0/s1. The van der Waals surface area contributed by atoms with Gasteiger partial charge in [0, 0.05) is 6.42 Å². The lowest BCUT2D eigenvalue weighted by Crippen LogP contribution is -2.59. The van der Waals surface area contributed by atoms with Gasteiger partial charge in [-0.3, -0.25) is 28.8 Å². The summed E-state index contributed by atoms with van der Waals surface area (Å²) in [6, 6.07) is -6.38. The number of carbonyl (C=O) groups is 7. The maximum absolute atomic E-state index is 13.3. The van der Waals surface area contributed by atoms with Crippen LogP contribution in [0.5, 0.6) is 0 Å². The van der Waals surface area contributed by atoms with Gasteiger partial charge in [-0.05, 0) is 50.5 Å². The molecule has 0 rings (SSSR count). The van der Waals surface area contributed by atoms with Crippen molar-refractivity contribution >= 4 is 41.5 Å². The van der Waals surface area contributed by atoms with Gasteiger partial charge in [-0.25, -0.2) is 4.79 Å². The molecular formula is C26H47N7O9. The zero-order chi connectivity index (χ0) is 32.6. The van der Waals surface area contributed by atoms with Crippen LogP contribution in [0.2, 0.25) is 0 Å². The van der Waals surface area contributed by atoms with Crippen LogP contribution in [-0.2, 0) is 33.6 Å². The highest BCUT2D eigenvalue weighted by Crippen LogP contribution is 2.09. The zero-order valence-electron chi connectivity index (χ0n) is 24.7. The minimum Gasteiger partial charge on any atom is -0.481 e. The van der Waals surface area contributed by atoms with E-state index in [1.807, 2.05) is 19.2 Å². The third-order valence-corrected chi connectivity index (χ3v) is 6.19. The maximum atomic E-state index is 13.3. The topological polar surface area (TPSA) is 286 Å². The minimum atomic E-state index is -1.81. The molecule has 0 unspecified atom stereocenters. The van der Waals surface area contributed by atoms with Gasteiger partial charge < -0.3 is 48.7 Å². The van der Waals surface area contributed by atoms with Crippen molar-refractivity contribution in [1.82, 2.24) is 21.3 Å². The molecule has 0 radical (unpaired) electrons. The van der Waals surface area contributed by atoms with E-state index in [0.29, 0.717) is 25.8 Å². The van der Waals surface area contributed by atoms with Gasteiger partial charge in [0.25, 0.3) is 0 Å². The number of carbonyl (C=O) groups excluding carboxylic acids is 5. The molecule has 16 heteroatoms. The molecular weight excluding hydrogens is 554 g/mol. The summed E-state index contributed by atoms with van der Waals surface area (Å²) >= 11 is 0. The molecule has 0 aromatic carbocycles. The molecule has 42 heavy (non-hydrogen) atoms. The number of rotatable bonds is 21. The number of primary amides is 1. The van der Waals surface area contributed by atoms with Crippen molar-refractivity contribution < 1.29 is 43.8 Å². The van der Waals surface area contributed by atoms with E-state index in [-0.39, 0.29) is 31.1 Å². The van der Waals surface area contributed by atoms with Gasteiger partial charge in [-0.2, -0.15) is 0 Å². The SMILES string of the molecule is CC(C)C[C@H](N)C(=O)N[C@H](C(=O)N[C@@H](CCCCN)C(=O)N[C@@H](CCC(N)=O)C(=O)N[C@@H](CC(=O)O)C(=O)O)C(C)C. The number of nitrogens with two attached hydrogens (primary N) is 3. The quantitative estimate of drug-likeness (QED) is 0.0643. The van der Waals surface area contributed by atoms with Crippen LogP contribution in [0.1, 0.15) is 72.6 Å². The van der Waals surface area contributed by atoms with Gasteiger partial charge in [-0.1, -0.05) is 27.7 Å². The molecule has 5 amide bonds. The lowest BCUT2D eigenvalue weighted by molar-refractivity contribution is -0.147. The molecule has 0 saturated carbocycles. The van der Waals surface area contributed by atoms with E-state index in [1.165, 1.54) is 0 Å². The Morgan fingerprint density at radius 1 is 0.714 bits per heavy atom. The predicted molar refractivity (Wildman–Crippen MR) is 151 cm³/mol. The van der Waals surface area contributed by atoms with Crippen LogP contribution >= 0.6 is 0 Å². The number of hydrogen-bond donors (Lipinski definition) is 9. The fourth-order valence-corrected chi connectivity index (χ4v) is 3.91. The van der Waals surface area contributed by atoms with Crippen LogP contribution in [-0.4, -0.2) is 88.4 Å². The smallest absolute Gasteiger partial charge is 0.326 e. The molecule has 5 atom stereocenters. The summed E-state index contributed by atoms with van der Waals surface area (Å²) in [6.45, 7) is 7.50. The van der Waals surface area contributed by atoms with Crippen molar-refractivity contribution in [2.24, 2.45) is 29.0 Å². The molecule has 0 spiro atoms. The number of hydrogen-bond acceptors (Lipinski definition) is 9. The van der Waals surface area contributed by atoms with Crippen molar-refractivity contribution in [3.05, 3.63) is 0 Å². The Hall–Kier alpha value is -3.79. The van der Waals surface area contributed by atoms with E-state index in [1.54, 1.807) is 13.8 Å². The Morgan fingerprint density at radius 3 is 1.69 bits per heavy atom. The fourth-order valence-electron chi connectivity index (χ4n) is 3.91. The highest BCUT2D eigenvalue weighted by Gasteiger charge is 2.33. The van der Waals surface area contributed by atoms with Crippen molar-refractivity contribution in [3.63, 3.8) is 0 Å². The first kappa shape index (κ1) is 38.2. The maximum Gasteiger partial charge on any atom is 0.326 e. The molecule has 0 bridgehead atoms. The second kappa shape index (κ2) is 19.4. The summed E-state index contributed by atoms with van der Waals surface area (Å²) in [5.74, 6) is -7.24. The van der Waals surface area contributed by atoms with Crippen molar-refractivity contribution in [3.8, 4) is 0 Å². The zero-order valence-corrected chi connectivity index (χ0v) is 24.7. The molecule has 0 aromatic rings. The summed E-state index contributed by atoms with van der Waals surface area (Å²) < 4.78 is 0. The Morgan fingerprint density at radius 2 is 1.24 bits per heavy atom. The first-order valence-electron chi connectivity index (χ1n) is 13.9. The van der Waals surface area contributed by atoms with Crippen molar-refractivity contribution in [1.29, 1.82) is 0 Å². The lowest BCUT2D eigenvalue weighted by Gasteiger charge is -2.28. The van der Waals surface area contributed by atoms with Crippen LogP contribution in [0.15, 0.2) is 0 Å². The number of nitrogens with one attached hydrogen (secondary N) is 4. The van der Waals surface area contributed by atoms with E-state index >= 15 is 0 Å². The Labute approximate surface area is 245 Å². The average Bonchev–Trinajstić information content (AvgIpc) is 2.87. The largest absolute Gasteiger partial charge is 0.481 e. The number of amides is 5. The van der Waals surface area contributed by atoms with E-state index in [2.05, 4.69) is 16.0 Å². The third-order valence-electron chi connectivity index (χ3n) is 6.19. The van der Waals surface area contributed by atoms with Crippen molar-refractivity contribution in [2.75, 3.05) is 6.54 Å². The molecule has 0 aliphatic carbocycles. The molecule has 16 nitrogen and oxygen atoms in total. The number of carboxylic acids is 2. The Balaban J connectivity index is 5.91. The highest BCUT2D eigenvalue weighted by atomic mass is 16.4. The summed E-state index contributed by atoms with van der Waals surface area (Å²) in [5.41, 5.74) is 16.7. The van der Waals surface area contributed by atoms with Crippen molar-refractivity contribution in [2.45, 2.75) is 103 Å². The second-order valence-corrected chi connectivity index (χ2v) is 10.9. The van der Waals surface area contributed by atoms with E-state index < -0.39 is 78.1 Å². The van der Waals surface area contributed by atoms with Gasteiger partial charge in [0.2, 0.25) is 29.5 Å². The number of unbranched alkanes of at least 4 members (excludes halogenated alkanes) is 1. The first-order valence-corrected chi connectivity index (χ1v) is 13.9. The van der Waals surface area contributed by atoms with Crippen LogP contribution in [0, 0.1) is 11.8 Å². The molecule has 240 valence electrons. The lowest BCUT2D eigenvalue weighted by atomic mass is 9.99. The molecule has 0 aromatic heterocycles. The highest BCUT2D eigenvalue weighted by molar-refractivity contribution is 5.96. The monoisotopic (exact) mass is 601 g/mol. The van der Waals surface area contributed by atoms with Crippen LogP contribution in [0.4, 0.5) is 0 Å². The van der Waals surface area contributed by atoms with E-state index in [9.17, 15) is 38.7 Å². The molecule has 0 aliphatic heterocycles. The van der Waals surface area contributed by atoms with E-state index in [4.69, 9.17) is 22.3 Å². The first-order chi connectivity index (χ1) is 19.5. The summed E-state index contributed by atoms with van der Waals surface area (Å²) in [6.07, 6.45) is -0.211. The summed E-state index contributed by atoms with van der Waals surface area (Å²) in [4.78, 5) is 85.8. The average molecular weight is 602 g/mol. The molecule has 12 N–H and O–H groups in total. The summed E-state index contributed by atoms with van der Waals surface area (Å²) in [7, 11) is 0. The number of carboxylic acid groups (broad SMARTS) is 2. The van der Waals surface area contributed by atoms with Gasteiger partial charge in [0.15, 0.2) is 0 Å². The van der Waals surface area contributed by atoms with Gasteiger partial charge in [0.1, 0.15) is 24.2 Å². The molecule has 0 aliphatic rings. The molecule has 0 saturated heterocycles. The second-order valence-electron chi connectivity index (χ2n) is 10.9. The number of aliphatic carboxylic acids is 2. The molecule has 0 fully saturated rings. The van der Waals surface area contributed by atoms with Crippen LogP contribution in [0.25, 0.3) is 0 Å². The van der Waals surface area contributed by atoms with Crippen LogP contribution < -0.4 is 38.5 Å². The predicted octanol–water partition coefficient (Wildman–Crippen LogP) is -2.09. The molecule has 0 heterocycles. The third kappa shape index (κ3) is 15.3. The fraction of sp³-hybridized carbons (Fsp3) is 0.731. The van der Waals surface area contributed by atoms with Crippen LogP contribution in [0.3, 0.4) is 0 Å². The van der Waals surface area contributed by atoms with E-state index in [0.717, 1.165) is 0 Å². The Kier molecular flexibility index (Phi) is 17.6. The minimum absolute atomic E-state index is 0.0985.